The summed E-state index contributed by atoms with van der Waals surface area (Å²) in [6, 6.07) is 14.5. The first kappa shape index (κ1) is 17.5. The van der Waals surface area contributed by atoms with Crippen molar-refractivity contribution in [2.24, 2.45) is 0 Å². The summed E-state index contributed by atoms with van der Waals surface area (Å²) < 4.78 is 5.84. The Kier molecular flexibility index (Phi) is 5.22. The van der Waals surface area contributed by atoms with Crippen molar-refractivity contribution in [1.82, 2.24) is 10.3 Å². The van der Waals surface area contributed by atoms with Gasteiger partial charge in [0.15, 0.2) is 0 Å². The second kappa shape index (κ2) is 7.74. The van der Waals surface area contributed by atoms with Gasteiger partial charge in [-0.3, -0.25) is 4.79 Å². The molecular weight excluding hydrogens is 332 g/mol. The average molecular weight is 352 g/mol. The van der Waals surface area contributed by atoms with Crippen LogP contribution in [0, 0.1) is 0 Å². The summed E-state index contributed by atoms with van der Waals surface area (Å²) in [5.74, 6) is -0.733. The zero-order valence-corrected chi connectivity index (χ0v) is 14.4. The monoisotopic (exact) mass is 352 g/mol. The third kappa shape index (κ3) is 4.22. The van der Waals surface area contributed by atoms with Crippen molar-refractivity contribution in [3.05, 3.63) is 65.9 Å². The summed E-state index contributed by atoms with van der Waals surface area (Å²) in [7, 11) is 0. The highest BCUT2D eigenvalue weighted by Gasteiger charge is 2.20. The van der Waals surface area contributed by atoms with E-state index >= 15 is 0 Å². The third-order valence-electron chi connectivity index (χ3n) is 4.09. The molecule has 3 rings (SSSR count). The molecule has 0 aliphatic heterocycles. The predicted molar refractivity (Wildman–Crippen MR) is 98.0 cm³/mol. The molecule has 0 saturated carbocycles. The minimum atomic E-state index is -1.06. The SMILES string of the molecule is CC(=O)N[C@@H](Cc1c[nH]c2ccc(OCc3ccccc3)cc12)C(=O)O. The number of aromatic nitrogens is 1. The zero-order chi connectivity index (χ0) is 18.5. The molecule has 0 unspecified atom stereocenters. The van der Waals surface area contributed by atoms with E-state index in [4.69, 9.17) is 4.74 Å². The number of hydrogen-bond donors (Lipinski definition) is 3. The molecule has 0 fully saturated rings. The number of benzene rings is 2. The minimum Gasteiger partial charge on any atom is -0.489 e. The largest absolute Gasteiger partial charge is 0.489 e. The van der Waals surface area contributed by atoms with Crippen molar-refractivity contribution in [2.45, 2.75) is 26.0 Å². The second-order valence-electron chi connectivity index (χ2n) is 6.09. The Morgan fingerprint density at radius 3 is 2.65 bits per heavy atom. The summed E-state index contributed by atoms with van der Waals surface area (Å²) in [6.07, 6.45) is 1.96. The van der Waals surface area contributed by atoms with E-state index in [1.54, 1.807) is 6.20 Å². The van der Waals surface area contributed by atoms with Crippen LogP contribution in [0.3, 0.4) is 0 Å². The van der Waals surface area contributed by atoms with E-state index in [1.807, 2.05) is 48.5 Å². The minimum absolute atomic E-state index is 0.192. The van der Waals surface area contributed by atoms with Crippen LogP contribution in [0.1, 0.15) is 18.1 Å². The number of carbonyl (C=O) groups is 2. The van der Waals surface area contributed by atoms with E-state index in [0.717, 1.165) is 22.0 Å². The van der Waals surface area contributed by atoms with Gasteiger partial charge in [0.1, 0.15) is 18.4 Å². The molecule has 0 bridgehead atoms. The number of carboxylic acids is 1. The molecule has 0 aliphatic rings. The molecule has 0 saturated heterocycles. The second-order valence-corrected chi connectivity index (χ2v) is 6.09. The summed E-state index contributed by atoms with van der Waals surface area (Å²) in [6.45, 7) is 1.76. The fourth-order valence-electron chi connectivity index (χ4n) is 2.82. The summed E-state index contributed by atoms with van der Waals surface area (Å²) in [5.41, 5.74) is 2.77. The molecule has 1 heterocycles. The number of H-pyrrole nitrogens is 1. The number of fused-ring (bicyclic) bond motifs is 1. The summed E-state index contributed by atoms with van der Waals surface area (Å²) >= 11 is 0. The lowest BCUT2D eigenvalue weighted by Crippen LogP contribution is -2.41. The first-order valence-corrected chi connectivity index (χ1v) is 8.29. The van der Waals surface area contributed by atoms with Gasteiger partial charge in [-0.15, -0.1) is 0 Å². The van der Waals surface area contributed by atoms with E-state index in [1.165, 1.54) is 6.92 Å². The van der Waals surface area contributed by atoms with Gasteiger partial charge in [-0.25, -0.2) is 4.79 Å². The summed E-state index contributed by atoms with van der Waals surface area (Å²) in [4.78, 5) is 25.7. The van der Waals surface area contributed by atoms with Crippen LogP contribution >= 0.6 is 0 Å². The van der Waals surface area contributed by atoms with Gasteiger partial charge in [-0.2, -0.15) is 0 Å². The van der Waals surface area contributed by atoms with Crippen LogP contribution < -0.4 is 10.1 Å². The number of carboxylic acid groups (broad SMARTS) is 1. The Balaban J connectivity index is 1.79. The van der Waals surface area contributed by atoms with Gasteiger partial charge in [0.05, 0.1) is 0 Å². The van der Waals surface area contributed by atoms with Crippen LogP contribution in [-0.2, 0) is 22.6 Å². The predicted octanol–water partition coefficient (Wildman–Crippen LogP) is 2.88. The first-order valence-electron chi connectivity index (χ1n) is 8.29. The Morgan fingerprint density at radius 1 is 1.19 bits per heavy atom. The lowest BCUT2D eigenvalue weighted by molar-refractivity contribution is -0.141. The van der Waals surface area contributed by atoms with Gasteiger partial charge in [-0.1, -0.05) is 30.3 Å². The van der Waals surface area contributed by atoms with E-state index in [-0.39, 0.29) is 12.3 Å². The average Bonchev–Trinajstić information content (AvgIpc) is 3.02. The quantitative estimate of drug-likeness (QED) is 0.610. The lowest BCUT2D eigenvalue weighted by Gasteiger charge is -2.13. The van der Waals surface area contributed by atoms with Crippen LogP contribution in [0.2, 0.25) is 0 Å². The lowest BCUT2D eigenvalue weighted by atomic mass is 10.0. The molecule has 6 nitrogen and oxygen atoms in total. The number of carbonyl (C=O) groups excluding carboxylic acids is 1. The highest BCUT2D eigenvalue weighted by Crippen LogP contribution is 2.25. The van der Waals surface area contributed by atoms with Crippen molar-refractivity contribution in [3.8, 4) is 5.75 Å². The smallest absolute Gasteiger partial charge is 0.326 e. The number of rotatable bonds is 7. The molecule has 26 heavy (non-hydrogen) atoms. The number of aromatic amines is 1. The molecule has 3 aromatic rings. The molecule has 0 radical (unpaired) electrons. The van der Waals surface area contributed by atoms with Gasteiger partial charge < -0.3 is 20.1 Å². The van der Waals surface area contributed by atoms with E-state index in [9.17, 15) is 14.7 Å². The maximum atomic E-state index is 11.4. The number of ether oxygens (including phenoxy) is 1. The van der Waals surface area contributed by atoms with Crippen LogP contribution in [-0.4, -0.2) is 28.0 Å². The Bertz CT molecular complexity index is 918. The van der Waals surface area contributed by atoms with Crippen molar-refractivity contribution in [1.29, 1.82) is 0 Å². The highest BCUT2D eigenvalue weighted by atomic mass is 16.5. The fraction of sp³-hybridized carbons (Fsp3) is 0.200. The Hall–Kier alpha value is -3.28. The fourth-order valence-corrected chi connectivity index (χ4v) is 2.82. The number of aliphatic carboxylic acids is 1. The third-order valence-corrected chi connectivity index (χ3v) is 4.09. The molecule has 1 amide bonds. The van der Waals surface area contributed by atoms with E-state index < -0.39 is 12.0 Å². The molecule has 1 atom stereocenters. The maximum Gasteiger partial charge on any atom is 0.326 e. The molecule has 6 heteroatoms. The van der Waals surface area contributed by atoms with Gasteiger partial charge in [0, 0.05) is 30.4 Å². The molecule has 3 N–H and O–H groups in total. The summed E-state index contributed by atoms with van der Waals surface area (Å²) in [5, 5.41) is 12.6. The van der Waals surface area contributed by atoms with Crippen molar-refractivity contribution < 1.29 is 19.4 Å². The molecule has 1 aromatic heterocycles. The Labute approximate surface area is 150 Å². The maximum absolute atomic E-state index is 11.4. The van der Waals surface area contributed by atoms with Crippen LogP contribution in [0.25, 0.3) is 10.9 Å². The molecule has 134 valence electrons. The van der Waals surface area contributed by atoms with Gasteiger partial charge >= 0.3 is 5.97 Å². The Morgan fingerprint density at radius 2 is 1.96 bits per heavy atom. The molecule has 2 aromatic carbocycles. The van der Waals surface area contributed by atoms with Crippen molar-refractivity contribution in [3.63, 3.8) is 0 Å². The van der Waals surface area contributed by atoms with Crippen LogP contribution in [0.15, 0.2) is 54.7 Å². The molecule has 0 spiro atoms. The van der Waals surface area contributed by atoms with E-state index in [0.29, 0.717) is 12.4 Å². The number of nitrogens with one attached hydrogen (secondary N) is 2. The van der Waals surface area contributed by atoms with Crippen LogP contribution in [0.4, 0.5) is 0 Å². The van der Waals surface area contributed by atoms with Crippen molar-refractivity contribution in [2.75, 3.05) is 0 Å². The first-order chi connectivity index (χ1) is 12.5. The molecule has 0 aliphatic carbocycles. The standard InChI is InChI=1S/C20H20N2O4/c1-13(23)22-19(20(24)25)9-15-11-21-18-8-7-16(10-17(15)18)26-12-14-5-3-2-4-6-14/h2-8,10-11,19,21H,9,12H2,1H3,(H,22,23)(H,24,25)/t19-/m0/s1. The highest BCUT2D eigenvalue weighted by molar-refractivity contribution is 5.87. The van der Waals surface area contributed by atoms with Gasteiger partial charge in [0.25, 0.3) is 0 Å². The van der Waals surface area contributed by atoms with E-state index in [2.05, 4.69) is 10.3 Å². The van der Waals surface area contributed by atoms with Crippen molar-refractivity contribution >= 4 is 22.8 Å². The zero-order valence-electron chi connectivity index (χ0n) is 14.4. The topological polar surface area (TPSA) is 91.4 Å². The number of hydrogen-bond acceptors (Lipinski definition) is 3. The van der Waals surface area contributed by atoms with Crippen LogP contribution in [0.5, 0.6) is 5.75 Å². The number of amides is 1. The molecular formula is C20H20N2O4. The van der Waals surface area contributed by atoms with Gasteiger partial charge in [0.2, 0.25) is 5.91 Å². The normalized spacial score (nSPS) is 11.9. The van der Waals surface area contributed by atoms with Gasteiger partial charge in [-0.05, 0) is 29.3 Å².